The molecule has 8 rings (SSSR count). The molecule has 0 atom stereocenters. The molecule has 0 amide bonds. The fourth-order valence-electron chi connectivity index (χ4n) is 6.73. The van der Waals surface area contributed by atoms with Crippen molar-refractivity contribution in [2.75, 3.05) is 33.8 Å². The lowest BCUT2D eigenvalue weighted by Crippen LogP contribution is -2.04. The molecule has 0 radical (unpaired) electrons. The second-order valence-corrected chi connectivity index (χ2v) is 13.9. The van der Waals surface area contributed by atoms with E-state index in [0.717, 1.165) is 33.2 Å². The van der Waals surface area contributed by atoms with Gasteiger partial charge in [0.25, 0.3) is 11.4 Å². The zero-order chi connectivity index (χ0) is 45.0. The first-order chi connectivity index (χ1) is 31.2. The summed E-state index contributed by atoms with van der Waals surface area (Å²) < 4.78 is 33.6. The van der Waals surface area contributed by atoms with E-state index in [0.29, 0.717) is 70.1 Å². The number of nitro benzene ring substituents is 2. The van der Waals surface area contributed by atoms with Gasteiger partial charge in [0.1, 0.15) is 23.0 Å². The number of nitrogens with one attached hydrogen (secondary N) is 1. The number of para-hydroxylation sites is 2. The van der Waals surface area contributed by atoms with E-state index in [9.17, 15) is 20.2 Å². The van der Waals surface area contributed by atoms with Gasteiger partial charge in [0.2, 0.25) is 0 Å². The summed E-state index contributed by atoms with van der Waals surface area (Å²) in [5.74, 6) is 4.98. The van der Waals surface area contributed by atoms with E-state index < -0.39 is 0 Å². The van der Waals surface area contributed by atoms with Crippen LogP contribution >= 0.6 is 0 Å². The van der Waals surface area contributed by atoms with Crippen LogP contribution in [-0.4, -0.2) is 54.0 Å². The van der Waals surface area contributed by atoms with Crippen LogP contribution in [0.2, 0.25) is 0 Å². The maximum absolute atomic E-state index is 11.2. The molecule has 7 aromatic rings. The van der Waals surface area contributed by atoms with Crippen molar-refractivity contribution in [3.8, 4) is 40.2 Å². The Morgan fingerprint density at radius 2 is 1.12 bits per heavy atom. The largest absolute Gasteiger partial charge is 0.493 e. The zero-order valence-corrected chi connectivity index (χ0v) is 35.2. The summed E-state index contributed by atoms with van der Waals surface area (Å²) in [5.41, 5.74) is 4.46. The highest BCUT2D eigenvalue weighted by Gasteiger charge is 2.16. The summed E-state index contributed by atoms with van der Waals surface area (Å²) in [4.78, 5) is 34.8. The van der Waals surface area contributed by atoms with Crippen molar-refractivity contribution in [3.05, 3.63) is 177 Å². The summed E-state index contributed by atoms with van der Waals surface area (Å²) in [7, 11) is 6.32. The number of allylic oxidation sites excluding steroid dienone is 3. The number of methoxy groups -OCH3 is 4. The number of anilines is 1. The van der Waals surface area contributed by atoms with Crippen LogP contribution in [0, 0.1) is 20.2 Å². The Hall–Kier alpha value is -8.53. The van der Waals surface area contributed by atoms with Crippen molar-refractivity contribution in [2.45, 2.75) is 19.5 Å². The van der Waals surface area contributed by atoms with E-state index >= 15 is 0 Å². The Bertz CT molecular complexity index is 2920. The first-order valence-electron chi connectivity index (χ1n) is 19.7. The van der Waals surface area contributed by atoms with Crippen molar-refractivity contribution in [2.24, 2.45) is 4.99 Å². The second kappa shape index (κ2) is 20.4. The van der Waals surface area contributed by atoms with Gasteiger partial charge in [0, 0.05) is 77.4 Å². The first-order valence-corrected chi connectivity index (χ1v) is 19.7. The molecule has 16 heteroatoms. The number of hydrogen-bond acceptors (Lipinski definition) is 14. The topological polar surface area (TPSA) is 192 Å². The van der Waals surface area contributed by atoms with Gasteiger partial charge < -0.3 is 33.7 Å². The average molecular weight is 863 g/mol. The minimum Gasteiger partial charge on any atom is -0.493 e. The number of aromatic nitrogens is 2. The Morgan fingerprint density at radius 3 is 1.66 bits per heavy atom. The van der Waals surface area contributed by atoms with Crippen LogP contribution in [0.1, 0.15) is 17.5 Å². The Balaban J connectivity index is 0.000000191. The van der Waals surface area contributed by atoms with Crippen LogP contribution in [0.5, 0.6) is 40.2 Å². The van der Waals surface area contributed by atoms with Crippen molar-refractivity contribution < 1.29 is 38.3 Å². The molecule has 16 nitrogen and oxygen atoms in total. The van der Waals surface area contributed by atoms with E-state index in [2.05, 4.69) is 20.3 Å². The normalized spacial score (nSPS) is 12.4. The standard InChI is InChI=1S/2C24H21N3O5/c2*1-30-23-13-19-20(14-24(23)31-2)25-12-11-22(19)32-18-9-7-17(8-10-18)26-15-16-5-3-4-6-21(16)27(28)29/h3-7,9-14H,8,15H2,1-2H3;3-14,26H,15H2,1-2H3. The molecule has 1 N–H and O–H groups in total. The Labute approximate surface area is 367 Å². The third-order valence-electron chi connectivity index (χ3n) is 9.99. The van der Waals surface area contributed by atoms with Gasteiger partial charge in [-0.1, -0.05) is 36.4 Å². The molecule has 0 unspecified atom stereocenters. The van der Waals surface area contributed by atoms with Gasteiger partial charge in [-0.05, 0) is 66.8 Å². The van der Waals surface area contributed by atoms with E-state index in [-0.39, 0.29) is 27.8 Å². The second-order valence-electron chi connectivity index (χ2n) is 13.9. The Morgan fingerprint density at radius 1 is 0.609 bits per heavy atom. The van der Waals surface area contributed by atoms with Crippen LogP contribution in [0.3, 0.4) is 0 Å². The van der Waals surface area contributed by atoms with Gasteiger partial charge in [-0.2, -0.15) is 0 Å². The molecule has 1 aliphatic carbocycles. The number of rotatable bonds is 15. The highest BCUT2D eigenvalue weighted by molar-refractivity contribution is 5.97. The number of ether oxygens (including phenoxy) is 6. The minimum atomic E-state index is -0.387. The molecule has 0 aliphatic heterocycles. The maximum Gasteiger partial charge on any atom is 0.274 e. The lowest BCUT2D eigenvalue weighted by Gasteiger charge is -2.14. The highest BCUT2D eigenvalue weighted by Crippen LogP contribution is 2.38. The van der Waals surface area contributed by atoms with E-state index in [1.54, 1.807) is 101 Å². The summed E-state index contributed by atoms with van der Waals surface area (Å²) in [6, 6.07) is 31.5. The maximum atomic E-state index is 11.2. The number of nitro groups is 2. The third-order valence-corrected chi connectivity index (χ3v) is 9.99. The van der Waals surface area contributed by atoms with Crippen LogP contribution in [0.25, 0.3) is 21.8 Å². The monoisotopic (exact) mass is 862 g/mol. The van der Waals surface area contributed by atoms with E-state index in [4.69, 9.17) is 28.4 Å². The number of fused-ring (bicyclic) bond motifs is 2. The molecule has 0 saturated carbocycles. The average Bonchev–Trinajstić information content (AvgIpc) is 3.33. The quantitative estimate of drug-likeness (QED) is 0.0757. The highest BCUT2D eigenvalue weighted by atomic mass is 16.6. The van der Waals surface area contributed by atoms with Crippen LogP contribution in [0.4, 0.5) is 17.1 Å². The third kappa shape index (κ3) is 10.3. The van der Waals surface area contributed by atoms with Gasteiger partial charge in [0.05, 0.1) is 61.4 Å². The molecular weight excluding hydrogens is 821 g/mol. The molecule has 1 aliphatic rings. The SMILES string of the molecule is COc1cc2nccc(OC3=CCC(=NCc4ccccc4[N+](=O)[O-])C=C3)c2cc1OC.COc1cc2nccc(Oc3ccc(NCc4ccccc4[N+](=O)[O-])cc3)c2cc1OC. The van der Waals surface area contributed by atoms with E-state index in [1.165, 1.54) is 12.1 Å². The molecule has 5 aromatic carbocycles. The molecule has 2 aromatic heterocycles. The van der Waals surface area contributed by atoms with Crippen molar-refractivity contribution in [3.63, 3.8) is 0 Å². The van der Waals surface area contributed by atoms with Crippen molar-refractivity contribution >= 4 is 44.6 Å². The smallest absolute Gasteiger partial charge is 0.274 e. The van der Waals surface area contributed by atoms with Crippen molar-refractivity contribution in [1.82, 2.24) is 9.97 Å². The van der Waals surface area contributed by atoms with Gasteiger partial charge in [-0.25, -0.2) is 0 Å². The molecule has 0 spiro atoms. The summed E-state index contributed by atoms with van der Waals surface area (Å²) in [6.45, 7) is 0.589. The van der Waals surface area contributed by atoms with Crippen molar-refractivity contribution in [1.29, 1.82) is 0 Å². The number of pyridine rings is 2. The van der Waals surface area contributed by atoms with E-state index in [1.807, 2.05) is 54.6 Å². The van der Waals surface area contributed by atoms with Crippen LogP contribution < -0.4 is 33.7 Å². The number of hydrogen-bond donors (Lipinski definition) is 1. The number of nitrogens with zero attached hydrogens (tertiary/aromatic N) is 5. The van der Waals surface area contributed by atoms with Gasteiger partial charge in [-0.15, -0.1) is 0 Å². The van der Waals surface area contributed by atoms with Gasteiger partial charge in [-0.3, -0.25) is 35.2 Å². The predicted octanol–water partition coefficient (Wildman–Crippen LogP) is 10.6. The summed E-state index contributed by atoms with van der Waals surface area (Å²) >= 11 is 0. The molecular formula is C48H42N6O10. The molecule has 0 saturated heterocycles. The summed E-state index contributed by atoms with van der Waals surface area (Å²) in [5, 5.41) is 27.1. The number of benzene rings is 5. The zero-order valence-electron chi connectivity index (χ0n) is 35.2. The molecule has 0 bridgehead atoms. The van der Waals surface area contributed by atoms with Crippen LogP contribution in [0.15, 0.2) is 151 Å². The lowest BCUT2D eigenvalue weighted by molar-refractivity contribution is -0.385. The predicted molar refractivity (Wildman–Crippen MR) is 243 cm³/mol. The first kappa shape index (κ1) is 43.6. The molecule has 2 heterocycles. The molecule has 324 valence electrons. The van der Waals surface area contributed by atoms with Gasteiger partial charge >= 0.3 is 0 Å². The van der Waals surface area contributed by atoms with Crippen LogP contribution in [-0.2, 0) is 13.1 Å². The fourth-order valence-corrected chi connectivity index (χ4v) is 6.73. The minimum absolute atomic E-state index is 0.0767. The molecule has 64 heavy (non-hydrogen) atoms. The fraction of sp³-hybridized carbons (Fsp3) is 0.146. The lowest BCUT2D eigenvalue weighted by atomic mass is 10.1. The van der Waals surface area contributed by atoms with Gasteiger partial charge in [0.15, 0.2) is 23.0 Å². The summed E-state index contributed by atoms with van der Waals surface area (Å²) in [6.07, 6.45) is 9.52. The number of aliphatic imine (C=N–C) groups is 1. The Kier molecular flexibility index (Phi) is 13.9. The molecule has 0 fully saturated rings.